The summed E-state index contributed by atoms with van der Waals surface area (Å²) in [6, 6.07) is 3.56. The molecule has 1 rings (SSSR count). The van der Waals surface area contributed by atoms with E-state index in [0.29, 0.717) is 11.1 Å². The minimum Gasteiger partial charge on any atom is -0.491 e. The lowest BCUT2D eigenvalue weighted by Crippen LogP contribution is -2.14. The van der Waals surface area contributed by atoms with Crippen LogP contribution in [0.4, 0.5) is 0 Å². The van der Waals surface area contributed by atoms with Crippen molar-refractivity contribution < 1.29 is 4.74 Å². The van der Waals surface area contributed by atoms with Crippen molar-refractivity contribution in [3.8, 4) is 5.75 Å². The van der Waals surface area contributed by atoms with Crippen molar-refractivity contribution in [2.75, 3.05) is 0 Å². The highest BCUT2D eigenvalue weighted by Gasteiger charge is 2.06. The van der Waals surface area contributed by atoms with E-state index in [1.54, 1.807) is 12.3 Å². The van der Waals surface area contributed by atoms with E-state index < -0.39 is 0 Å². The second-order valence-electron chi connectivity index (χ2n) is 3.87. The van der Waals surface area contributed by atoms with Gasteiger partial charge in [0.15, 0.2) is 0 Å². The first-order chi connectivity index (χ1) is 6.58. The summed E-state index contributed by atoms with van der Waals surface area (Å²) in [7, 11) is 0. The van der Waals surface area contributed by atoms with Crippen LogP contribution in [-0.2, 0) is 0 Å². The molecule has 0 spiro atoms. The minimum atomic E-state index is 0.216. The van der Waals surface area contributed by atoms with E-state index in [1.165, 1.54) is 0 Å². The number of hydrogen-bond acceptors (Lipinski definition) is 2. The molecule has 2 nitrogen and oxygen atoms in total. The lowest BCUT2D eigenvalue weighted by molar-refractivity contribution is 0.193. The molecule has 1 heterocycles. The number of hydrogen-bond donors (Lipinski definition) is 0. The van der Waals surface area contributed by atoms with Crippen LogP contribution in [0.25, 0.3) is 0 Å². The van der Waals surface area contributed by atoms with Gasteiger partial charge in [0, 0.05) is 12.3 Å². The molecule has 0 amide bonds. The van der Waals surface area contributed by atoms with Crippen molar-refractivity contribution in [1.29, 1.82) is 0 Å². The second-order valence-corrected chi connectivity index (χ2v) is 4.26. The first kappa shape index (κ1) is 11.3. The third-order valence-corrected chi connectivity index (χ3v) is 2.05. The van der Waals surface area contributed by atoms with Crippen molar-refractivity contribution in [2.45, 2.75) is 33.3 Å². The third kappa shape index (κ3) is 3.97. The van der Waals surface area contributed by atoms with Crippen molar-refractivity contribution in [3.63, 3.8) is 0 Å². The molecule has 0 bridgehead atoms. The standard InChI is InChI=1S/C11H16ClNO/c1-8(2)6-9(3)14-10-4-5-13-11(12)7-10/h4-5,7-9H,6H2,1-3H3. The number of halogens is 1. The van der Waals surface area contributed by atoms with E-state index in [1.807, 2.05) is 6.07 Å². The molecule has 1 atom stereocenters. The zero-order valence-electron chi connectivity index (χ0n) is 8.83. The number of nitrogens with zero attached hydrogens (tertiary/aromatic N) is 1. The maximum absolute atomic E-state index is 5.74. The number of aromatic nitrogens is 1. The molecule has 14 heavy (non-hydrogen) atoms. The molecule has 0 N–H and O–H groups in total. The van der Waals surface area contributed by atoms with Crippen LogP contribution in [-0.4, -0.2) is 11.1 Å². The Balaban J connectivity index is 2.51. The topological polar surface area (TPSA) is 22.1 Å². The van der Waals surface area contributed by atoms with E-state index in [2.05, 4.69) is 25.8 Å². The van der Waals surface area contributed by atoms with E-state index in [4.69, 9.17) is 16.3 Å². The monoisotopic (exact) mass is 213 g/mol. The molecular weight excluding hydrogens is 198 g/mol. The summed E-state index contributed by atoms with van der Waals surface area (Å²) < 4.78 is 5.68. The molecule has 3 heteroatoms. The summed E-state index contributed by atoms with van der Waals surface area (Å²) >= 11 is 5.74. The highest BCUT2D eigenvalue weighted by Crippen LogP contribution is 2.18. The third-order valence-electron chi connectivity index (χ3n) is 1.84. The fourth-order valence-corrected chi connectivity index (χ4v) is 1.57. The van der Waals surface area contributed by atoms with Gasteiger partial charge in [-0.1, -0.05) is 25.4 Å². The van der Waals surface area contributed by atoms with Crippen LogP contribution in [0.15, 0.2) is 18.3 Å². The van der Waals surface area contributed by atoms with Gasteiger partial charge in [0.05, 0.1) is 6.10 Å². The van der Waals surface area contributed by atoms with Crippen molar-refractivity contribution in [1.82, 2.24) is 4.98 Å². The summed E-state index contributed by atoms with van der Waals surface area (Å²) in [5, 5.41) is 0.472. The fourth-order valence-electron chi connectivity index (χ4n) is 1.40. The van der Waals surface area contributed by atoms with Crippen LogP contribution in [0, 0.1) is 5.92 Å². The van der Waals surface area contributed by atoms with Gasteiger partial charge in [-0.3, -0.25) is 0 Å². The first-order valence-electron chi connectivity index (χ1n) is 4.86. The van der Waals surface area contributed by atoms with E-state index in [9.17, 15) is 0 Å². The van der Waals surface area contributed by atoms with Gasteiger partial charge in [0.25, 0.3) is 0 Å². The second kappa shape index (κ2) is 5.20. The van der Waals surface area contributed by atoms with Gasteiger partial charge in [0.2, 0.25) is 0 Å². The summed E-state index contributed by atoms with van der Waals surface area (Å²) in [5.41, 5.74) is 0. The molecule has 78 valence electrons. The Labute approximate surface area is 90.3 Å². The molecule has 0 radical (unpaired) electrons. The lowest BCUT2D eigenvalue weighted by atomic mass is 10.1. The van der Waals surface area contributed by atoms with Gasteiger partial charge in [-0.2, -0.15) is 0 Å². The Morgan fingerprint density at radius 3 is 2.71 bits per heavy atom. The lowest BCUT2D eigenvalue weighted by Gasteiger charge is -2.16. The Morgan fingerprint density at radius 2 is 2.14 bits per heavy atom. The predicted molar refractivity (Wildman–Crippen MR) is 58.8 cm³/mol. The molecule has 0 fully saturated rings. The van der Waals surface area contributed by atoms with E-state index in [0.717, 1.165) is 12.2 Å². The molecular formula is C11H16ClNO. The highest BCUT2D eigenvalue weighted by molar-refractivity contribution is 6.29. The summed E-state index contributed by atoms with van der Waals surface area (Å²) in [5.74, 6) is 1.43. The Kier molecular flexibility index (Phi) is 4.21. The minimum absolute atomic E-state index is 0.216. The largest absolute Gasteiger partial charge is 0.491 e. The summed E-state index contributed by atoms with van der Waals surface area (Å²) in [6.07, 6.45) is 2.91. The molecule has 1 aromatic heterocycles. The van der Waals surface area contributed by atoms with Gasteiger partial charge in [-0.25, -0.2) is 4.98 Å². The number of ether oxygens (including phenoxy) is 1. The maximum Gasteiger partial charge on any atom is 0.132 e. The molecule has 0 aromatic carbocycles. The zero-order valence-corrected chi connectivity index (χ0v) is 9.58. The Morgan fingerprint density at radius 1 is 1.43 bits per heavy atom. The van der Waals surface area contributed by atoms with Crippen LogP contribution < -0.4 is 4.74 Å². The number of rotatable bonds is 4. The van der Waals surface area contributed by atoms with Crippen molar-refractivity contribution >= 4 is 11.6 Å². The quantitative estimate of drug-likeness (QED) is 0.714. The normalized spacial score (nSPS) is 12.9. The van der Waals surface area contributed by atoms with Gasteiger partial charge >= 0.3 is 0 Å². The molecule has 1 aromatic rings. The molecule has 1 unspecified atom stereocenters. The van der Waals surface area contributed by atoms with Crippen LogP contribution in [0.3, 0.4) is 0 Å². The average Bonchev–Trinajstić information content (AvgIpc) is 2.01. The SMILES string of the molecule is CC(C)CC(C)Oc1ccnc(Cl)c1. The van der Waals surface area contributed by atoms with Crippen LogP contribution in [0.5, 0.6) is 5.75 Å². The molecule has 0 aliphatic carbocycles. The average molecular weight is 214 g/mol. The molecule has 0 saturated carbocycles. The van der Waals surface area contributed by atoms with E-state index in [-0.39, 0.29) is 6.10 Å². The Bertz CT molecular complexity index is 288. The van der Waals surface area contributed by atoms with Crippen molar-refractivity contribution in [3.05, 3.63) is 23.5 Å². The maximum atomic E-state index is 5.74. The molecule has 0 aliphatic heterocycles. The van der Waals surface area contributed by atoms with Crippen molar-refractivity contribution in [2.24, 2.45) is 5.92 Å². The number of pyridine rings is 1. The van der Waals surface area contributed by atoms with Crippen LogP contribution >= 0.6 is 11.6 Å². The molecule has 0 saturated heterocycles. The van der Waals surface area contributed by atoms with Gasteiger partial charge in [-0.05, 0) is 25.3 Å². The fraction of sp³-hybridized carbons (Fsp3) is 0.545. The van der Waals surface area contributed by atoms with E-state index >= 15 is 0 Å². The van der Waals surface area contributed by atoms with Gasteiger partial charge < -0.3 is 4.74 Å². The van der Waals surface area contributed by atoms with Gasteiger partial charge in [0.1, 0.15) is 10.9 Å². The Hall–Kier alpha value is -0.760. The zero-order chi connectivity index (χ0) is 10.6. The highest BCUT2D eigenvalue weighted by atomic mass is 35.5. The predicted octanol–water partition coefficient (Wildman–Crippen LogP) is 3.55. The summed E-state index contributed by atoms with van der Waals surface area (Å²) in [6.45, 7) is 6.42. The van der Waals surface area contributed by atoms with Gasteiger partial charge in [-0.15, -0.1) is 0 Å². The molecule has 0 aliphatic rings. The smallest absolute Gasteiger partial charge is 0.132 e. The summed E-state index contributed by atoms with van der Waals surface area (Å²) in [4.78, 5) is 3.89. The first-order valence-corrected chi connectivity index (χ1v) is 5.24. The van der Waals surface area contributed by atoms with Crippen LogP contribution in [0.2, 0.25) is 5.15 Å². The van der Waals surface area contributed by atoms with Crippen LogP contribution in [0.1, 0.15) is 27.2 Å².